The Labute approximate surface area is 140 Å². The van der Waals surface area contributed by atoms with Gasteiger partial charge in [0, 0.05) is 31.8 Å². The number of ether oxygens (including phenoxy) is 2. The molecule has 1 rings (SSSR count). The van der Waals surface area contributed by atoms with Gasteiger partial charge in [-0.3, -0.25) is 4.79 Å². The van der Waals surface area contributed by atoms with E-state index in [-0.39, 0.29) is 19.1 Å². The van der Waals surface area contributed by atoms with Crippen LogP contribution >= 0.6 is 23.2 Å². The van der Waals surface area contributed by atoms with Crippen LogP contribution in [0, 0.1) is 0 Å². The average Bonchev–Trinajstić information content (AvgIpc) is 2.48. The Bertz CT molecular complexity index is 485. The van der Waals surface area contributed by atoms with Crippen molar-refractivity contribution in [3.05, 3.63) is 28.2 Å². The van der Waals surface area contributed by atoms with E-state index in [9.17, 15) is 4.79 Å². The van der Waals surface area contributed by atoms with Gasteiger partial charge in [0.25, 0.3) is 5.91 Å². The molecule has 0 spiro atoms. The summed E-state index contributed by atoms with van der Waals surface area (Å²) in [6.45, 7) is 2.84. The minimum absolute atomic E-state index is 0.104. The van der Waals surface area contributed by atoms with Crippen LogP contribution in [-0.2, 0) is 9.53 Å². The molecule has 0 saturated carbocycles. The lowest BCUT2D eigenvalue weighted by atomic mass is 10.3. The molecule has 1 amide bonds. The number of amides is 1. The lowest BCUT2D eigenvalue weighted by Crippen LogP contribution is -2.42. The van der Waals surface area contributed by atoms with E-state index < -0.39 is 6.10 Å². The average molecular weight is 350 g/mol. The Morgan fingerprint density at radius 1 is 1.36 bits per heavy atom. The fourth-order valence-electron chi connectivity index (χ4n) is 1.92. The van der Waals surface area contributed by atoms with Gasteiger partial charge >= 0.3 is 0 Å². The Balaban J connectivity index is 2.67. The van der Waals surface area contributed by atoms with Crippen LogP contribution in [0.25, 0.3) is 0 Å². The SMILES string of the molecule is COCCCN(CCO)C(=O)C(C)Oc1ccc(Cl)cc1Cl. The lowest BCUT2D eigenvalue weighted by molar-refractivity contribution is -0.138. The maximum atomic E-state index is 12.4. The van der Waals surface area contributed by atoms with Crippen LogP contribution in [0.1, 0.15) is 13.3 Å². The van der Waals surface area contributed by atoms with Gasteiger partial charge < -0.3 is 19.5 Å². The molecule has 0 radical (unpaired) electrons. The van der Waals surface area contributed by atoms with Crippen molar-refractivity contribution in [3.8, 4) is 5.75 Å². The fraction of sp³-hybridized carbons (Fsp3) is 0.533. The highest BCUT2D eigenvalue weighted by Gasteiger charge is 2.22. The number of rotatable bonds is 9. The zero-order valence-corrected chi connectivity index (χ0v) is 14.2. The largest absolute Gasteiger partial charge is 0.479 e. The fourth-order valence-corrected chi connectivity index (χ4v) is 2.37. The summed E-state index contributed by atoms with van der Waals surface area (Å²) in [5.74, 6) is 0.184. The predicted octanol–water partition coefficient (Wildman–Crippen LogP) is 2.62. The van der Waals surface area contributed by atoms with Crippen molar-refractivity contribution >= 4 is 29.1 Å². The van der Waals surface area contributed by atoms with Gasteiger partial charge in [-0.05, 0) is 31.5 Å². The molecule has 0 saturated heterocycles. The molecular weight excluding hydrogens is 329 g/mol. The summed E-state index contributed by atoms with van der Waals surface area (Å²) in [5, 5.41) is 9.93. The second kappa shape index (κ2) is 9.90. The number of aliphatic hydroxyl groups is 1. The van der Waals surface area contributed by atoms with Crippen molar-refractivity contribution in [2.75, 3.05) is 33.4 Å². The molecule has 124 valence electrons. The molecule has 0 heterocycles. The molecule has 0 fully saturated rings. The first-order chi connectivity index (χ1) is 10.5. The van der Waals surface area contributed by atoms with Gasteiger partial charge in [0.05, 0.1) is 11.6 Å². The minimum Gasteiger partial charge on any atom is -0.479 e. The summed E-state index contributed by atoms with van der Waals surface area (Å²) < 4.78 is 10.6. The number of halogens is 2. The number of carbonyl (C=O) groups excluding carboxylic acids is 1. The van der Waals surface area contributed by atoms with Gasteiger partial charge in [-0.25, -0.2) is 0 Å². The molecule has 0 aliphatic rings. The summed E-state index contributed by atoms with van der Waals surface area (Å²) in [7, 11) is 1.60. The summed E-state index contributed by atoms with van der Waals surface area (Å²) in [6.07, 6.45) is -0.0239. The van der Waals surface area contributed by atoms with Gasteiger partial charge in [0.2, 0.25) is 0 Å². The molecular formula is C15H21Cl2NO4. The monoisotopic (exact) mass is 349 g/mol. The Morgan fingerprint density at radius 2 is 2.09 bits per heavy atom. The first-order valence-corrected chi connectivity index (χ1v) is 7.75. The third-order valence-electron chi connectivity index (χ3n) is 3.00. The maximum absolute atomic E-state index is 12.4. The number of nitrogens with zero attached hydrogens (tertiary/aromatic N) is 1. The van der Waals surface area contributed by atoms with Gasteiger partial charge in [-0.1, -0.05) is 23.2 Å². The van der Waals surface area contributed by atoms with Crippen molar-refractivity contribution < 1.29 is 19.4 Å². The number of benzene rings is 1. The zero-order valence-electron chi connectivity index (χ0n) is 12.7. The van der Waals surface area contributed by atoms with E-state index in [0.717, 1.165) is 0 Å². The third-order valence-corrected chi connectivity index (χ3v) is 3.53. The number of aliphatic hydroxyl groups excluding tert-OH is 1. The quantitative estimate of drug-likeness (QED) is 0.696. The Morgan fingerprint density at radius 3 is 2.68 bits per heavy atom. The van der Waals surface area contributed by atoms with E-state index in [1.807, 2.05) is 0 Å². The van der Waals surface area contributed by atoms with E-state index in [1.165, 1.54) is 0 Å². The molecule has 5 nitrogen and oxygen atoms in total. The van der Waals surface area contributed by atoms with E-state index in [4.69, 9.17) is 37.8 Å². The summed E-state index contributed by atoms with van der Waals surface area (Å²) in [6, 6.07) is 4.82. The minimum atomic E-state index is -0.715. The molecule has 1 aromatic carbocycles. The van der Waals surface area contributed by atoms with E-state index >= 15 is 0 Å². The van der Waals surface area contributed by atoms with Gasteiger partial charge in [0.15, 0.2) is 6.10 Å². The predicted molar refractivity (Wildman–Crippen MR) is 86.7 cm³/mol. The second-order valence-corrected chi connectivity index (χ2v) is 5.57. The number of hydrogen-bond acceptors (Lipinski definition) is 4. The highest BCUT2D eigenvalue weighted by Crippen LogP contribution is 2.28. The molecule has 7 heteroatoms. The van der Waals surface area contributed by atoms with Crippen molar-refractivity contribution in [2.24, 2.45) is 0 Å². The van der Waals surface area contributed by atoms with Crippen LogP contribution in [0.3, 0.4) is 0 Å². The molecule has 0 bridgehead atoms. The first kappa shape index (κ1) is 19.0. The normalized spacial score (nSPS) is 12.0. The smallest absolute Gasteiger partial charge is 0.263 e. The summed E-state index contributed by atoms with van der Waals surface area (Å²) in [5.41, 5.74) is 0. The van der Waals surface area contributed by atoms with Crippen LogP contribution < -0.4 is 4.74 Å². The first-order valence-electron chi connectivity index (χ1n) is 7.00. The van der Waals surface area contributed by atoms with Crippen LogP contribution in [0.4, 0.5) is 0 Å². The van der Waals surface area contributed by atoms with Crippen molar-refractivity contribution in [1.29, 1.82) is 0 Å². The lowest BCUT2D eigenvalue weighted by Gasteiger charge is -2.25. The van der Waals surface area contributed by atoms with Gasteiger partial charge in [-0.15, -0.1) is 0 Å². The zero-order chi connectivity index (χ0) is 16.5. The molecule has 0 aromatic heterocycles. The van der Waals surface area contributed by atoms with Crippen molar-refractivity contribution in [2.45, 2.75) is 19.4 Å². The molecule has 1 aromatic rings. The summed E-state index contributed by atoms with van der Waals surface area (Å²) in [4.78, 5) is 13.9. The number of carbonyl (C=O) groups is 1. The molecule has 0 aliphatic carbocycles. The standard InChI is InChI=1S/C15H21Cl2NO4/c1-11(22-14-5-4-12(16)10-13(14)17)15(20)18(7-8-19)6-3-9-21-2/h4-5,10-11,19H,3,6-9H2,1-2H3. The van der Waals surface area contributed by atoms with E-state index in [0.29, 0.717) is 35.4 Å². The van der Waals surface area contributed by atoms with E-state index in [1.54, 1.807) is 37.1 Å². The highest BCUT2D eigenvalue weighted by atomic mass is 35.5. The second-order valence-electron chi connectivity index (χ2n) is 4.73. The number of methoxy groups -OCH3 is 1. The molecule has 0 aliphatic heterocycles. The maximum Gasteiger partial charge on any atom is 0.263 e. The number of hydrogen-bond donors (Lipinski definition) is 1. The van der Waals surface area contributed by atoms with Crippen LogP contribution in [0.15, 0.2) is 18.2 Å². The van der Waals surface area contributed by atoms with Crippen LogP contribution in [0.2, 0.25) is 10.0 Å². The van der Waals surface area contributed by atoms with Gasteiger partial charge in [0.1, 0.15) is 5.75 Å². The third kappa shape index (κ3) is 6.01. The van der Waals surface area contributed by atoms with Crippen molar-refractivity contribution in [3.63, 3.8) is 0 Å². The van der Waals surface area contributed by atoms with Gasteiger partial charge in [-0.2, -0.15) is 0 Å². The van der Waals surface area contributed by atoms with Crippen LogP contribution in [-0.4, -0.2) is 55.4 Å². The Hall–Kier alpha value is -1.01. The molecule has 1 N–H and O–H groups in total. The van der Waals surface area contributed by atoms with E-state index in [2.05, 4.69) is 0 Å². The topological polar surface area (TPSA) is 59.0 Å². The summed E-state index contributed by atoms with van der Waals surface area (Å²) >= 11 is 11.9. The van der Waals surface area contributed by atoms with Crippen molar-refractivity contribution in [1.82, 2.24) is 4.90 Å². The van der Waals surface area contributed by atoms with Crippen LogP contribution in [0.5, 0.6) is 5.75 Å². The Kier molecular flexibility index (Phi) is 8.56. The molecule has 1 atom stereocenters. The molecule has 1 unspecified atom stereocenters. The highest BCUT2D eigenvalue weighted by molar-refractivity contribution is 6.35. The molecule has 22 heavy (non-hydrogen) atoms.